The number of hydrogen-bond donors (Lipinski definition) is 1. The Morgan fingerprint density at radius 1 is 1.14 bits per heavy atom. The van der Waals surface area contributed by atoms with Crippen LogP contribution in [0.2, 0.25) is 0 Å². The summed E-state index contributed by atoms with van der Waals surface area (Å²) in [6.07, 6.45) is 7.11. The van der Waals surface area contributed by atoms with Crippen molar-refractivity contribution in [3.63, 3.8) is 0 Å². The third-order valence-electron chi connectivity index (χ3n) is 6.69. The highest BCUT2D eigenvalue weighted by molar-refractivity contribution is 7.91. The molecule has 1 atom stereocenters. The van der Waals surface area contributed by atoms with E-state index < -0.39 is 9.84 Å². The van der Waals surface area contributed by atoms with Crippen molar-refractivity contribution in [1.29, 1.82) is 0 Å². The molecule has 1 N–H and O–H groups in total. The number of aromatic nitrogens is 1. The average molecular weight is 524 g/mol. The van der Waals surface area contributed by atoms with E-state index in [1.165, 1.54) is 25.5 Å². The average Bonchev–Trinajstić information content (AvgIpc) is 3.04. The molecule has 0 saturated carbocycles. The van der Waals surface area contributed by atoms with Crippen LogP contribution in [0.4, 0.5) is 21.5 Å². The van der Waals surface area contributed by atoms with Crippen molar-refractivity contribution in [2.24, 2.45) is 0 Å². The van der Waals surface area contributed by atoms with Crippen LogP contribution in [-0.4, -0.2) is 51.6 Å². The van der Waals surface area contributed by atoms with Gasteiger partial charge in [0.15, 0.2) is 9.84 Å². The van der Waals surface area contributed by atoms with Gasteiger partial charge in [0.1, 0.15) is 5.82 Å². The number of sulfone groups is 1. The Balaban J connectivity index is 1.81. The lowest BCUT2D eigenvalue weighted by Crippen LogP contribution is -2.36. The molecule has 8 nitrogen and oxygen atoms in total. The molecular weight excluding hydrogens is 497 g/mol. The zero-order valence-electron chi connectivity index (χ0n) is 20.6. The topological polar surface area (TPSA) is 99.8 Å². The molecule has 1 aromatic rings. The number of ether oxygens (including phenoxy) is 1. The quantitative estimate of drug-likeness (QED) is 0.494. The molecular formula is C27H26FN3O5S. The molecule has 0 amide bonds. The number of carbonyl (C=O) groups excluding carboxylic acids is 1. The third-order valence-corrected chi connectivity index (χ3v) is 7.53. The number of nitrogens with zero attached hydrogens (tertiary/aromatic N) is 2. The summed E-state index contributed by atoms with van der Waals surface area (Å²) >= 11 is 0. The summed E-state index contributed by atoms with van der Waals surface area (Å²) in [6.45, 7) is 0. The molecule has 4 aliphatic rings. The number of fused-ring (bicyclic) bond motifs is 2. The van der Waals surface area contributed by atoms with E-state index in [1.807, 2.05) is 35.1 Å². The first kappa shape index (κ1) is 24.8. The highest BCUT2D eigenvalue weighted by Crippen LogP contribution is 2.40. The van der Waals surface area contributed by atoms with Gasteiger partial charge in [0.25, 0.3) is 5.56 Å². The second-order valence-electron chi connectivity index (χ2n) is 9.32. The summed E-state index contributed by atoms with van der Waals surface area (Å²) in [4.78, 5) is 32.1. The minimum absolute atomic E-state index is 0.146. The molecule has 0 fully saturated rings. The second-order valence-corrected chi connectivity index (χ2v) is 11.5. The lowest BCUT2D eigenvalue weighted by Gasteiger charge is -2.35. The molecule has 0 saturated heterocycles. The van der Waals surface area contributed by atoms with Crippen molar-refractivity contribution in [3.05, 3.63) is 75.4 Å². The molecule has 3 aliphatic heterocycles. The predicted octanol–water partition coefficient (Wildman–Crippen LogP) is 2.03. The molecule has 0 radical (unpaired) electrons. The van der Waals surface area contributed by atoms with Gasteiger partial charge in [0.05, 0.1) is 35.8 Å². The summed E-state index contributed by atoms with van der Waals surface area (Å²) in [5.41, 5.74) is 3.36. The van der Waals surface area contributed by atoms with E-state index in [0.717, 1.165) is 0 Å². The number of nitrogens with one attached hydrogen (secondary N) is 1. The fourth-order valence-corrected chi connectivity index (χ4v) is 5.95. The number of aromatic amines is 1. The van der Waals surface area contributed by atoms with Crippen LogP contribution in [-0.2, 0) is 19.4 Å². The van der Waals surface area contributed by atoms with Crippen LogP contribution in [0.5, 0.6) is 0 Å². The van der Waals surface area contributed by atoms with E-state index in [9.17, 15) is 22.4 Å². The van der Waals surface area contributed by atoms with Crippen LogP contribution in [0.15, 0.2) is 53.5 Å². The molecule has 0 spiro atoms. The van der Waals surface area contributed by atoms with Gasteiger partial charge in [-0.3, -0.25) is 9.59 Å². The smallest absolute Gasteiger partial charge is 0.305 e. The standard InChI is InChI=1S/C27H26FN3O5S/c1-30-13-12-16(15-37(3,34)35)20-9-10-22-24-21(29-27(33)25(24)26(20)30)14-19(8-11-23(32)36-2)31(22)18-6-4-17(28)5-7-18/h4-7,9-10,12-14,19H,8,11,15H2,1-3H3,(H,29,33). The number of anilines is 3. The molecule has 0 aromatic heterocycles. The van der Waals surface area contributed by atoms with E-state index >= 15 is 0 Å². The van der Waals surface area contributed by atoms with E-state index in [2.05, 4.69) is 4.98 Å². The fraction of sp³-hybridized carbons (Fsp3) is 0.259. The van der Waals surface area contributed by atoms with Crippen molar-refractivity contribution >= 4 is 44.5 Å². The first-order chi connectivity index (χ1) is 17.6. The maximum Gasteiger partial charge on any atom is 0.305 e. The number of rotatable bonds is 6. The summed E-state index contributed by atoms with van der Waals surface area (Å²) in [5, 5.41) is 1.26. The van der Waals surface area contributed by atoms with Gasteiger partial charge < -0.3 is 19.5 Å². The largest absolute Gasteiger partial charge is 0.469 e. The summed E-state index contributed by atoms with van der Waals surface area (Å²) in [7, 11) is -0.200. The monoisotopic (exact) mass is 523 g/mol. The molecule has 1 aromatic carbocycles. The van der Waals surface area contributed by atoms with E-state index in [1.54, 1.807) is 24.4 Å². The van der Waals surface area contributed by atoms with Gasteiger partial charge in [-0.25, -0.2) is 12.8 Å². The summed E-state index contributed by atoms with van der Waals surface area (Å²) in [5.74, 6) is -0.917. The van der Waals surface area contributed by atoms with Crippen LogP contribution in [0.1, 0.15) is 12.8 Å². The number of carbonyl (C=O) groups is 1. The Morgan fingerprint density at radius 3 is 2.54 bits per heavy atom. The van der Waals surface area contributed by atoms with Crippen molar-refractivity contribution < 1.29 is 22.3 Å². The first-order valence-electron chi connectivity index (χ1n) is 11.7. The molecule has 0 bridgehead atoms. The van der Waals surface area contributed by atoms with Crippen molar-refractivity contribution in [1.82, 2.24) is 4.98 Å². The predicted molar refractivity (Wildman–Crippen MR) is 142 cm³/mol. The lowest BCUT2D eigenvalue weighted by molar-refractivity contribution is -0.140. The van der Waals surface area contributed by atoms with Crippen LogP contribution in [0, 0.1) is 5.82 Å². The van der Waals surface area contributed by atoms with Crippen LogP contribution in [0.3, 0.4) is 0 Å². The molecule has 37 heavy (non-hydrogen) atoms. The summed E-state index contributed by atoms with van der Waals surface area (Å²) in [6, 6.07) is 9.36. The Hall–Kier alpha value is -3.92. The Bertz CT molecular complexity index is 1690. The van der Waals surface area contributed by atoms with Gasteiger partial charge >= 0.3 is 5.97 Å². The normalized spacial score (nSPS) is 16.5. The SMILES string of the molecule is COC(=O)CCC1C=c2[nH]c(=O)c3c4c(ccc(c2-3)N1c1ccc(F)cc1)=C(CS(C)(=O)=O)C=CN4C. The van der Waals surface area contributed by atoms with Gasteiger partial charge in [-0.15, -0.1) is 0 Å². The minimum Gasteiger partial charge on any atom is -0.469 e. The van der Waals surface area contributed by atoms with E-state index in [-0.39, 0.29) is 35.6 Å². The number of methoxy groups -OCH3 is 1. The maximum atomic E-state index is 13.8. The Kier molecular flexibility index (Phi) is 6.15. The Labute approximate surface area is 213 Å². The Morgan fingerprint density at radius 2 is 1.86 bits per heavy atom. The maximum absolute atomic E-state index is 13.8. The van der Waals surface area contributed by atoms with Gasteiger partial charge in [-0.1, -0.05) is 6.07 Å². The second kappa shape index (κ2) is 9.19. The number of benzene rings is 1. The third kappa shape index (κ3) is 4.53. The molecule has 5 rings (SSSR count). The van der Waals surface area contributed by atoms with Gasteiger partial charge in [-0.05, 0) is 54.5 Å². The van der Waals surface area contributed by atoms with Gasteiger partial charge in [0.2, 0.25) is 0 Å². The van der Waals surface area contributed by atoms with Gasteiger partial charge in [0, 0.05) is 47.7 Å². The highest BCUT2D eigenvalue weighted by atomic mass is 32.2. The zero-order valence-corrected chi connectivity index (χ0v) is 21.4. The van der Waals surface area contributed by atoms with E-state index in [4.69, 9.17) is 4.74 Å². The molecule has 1 aliphatic carbocycles. The zero-order chi connectivity index (χ0) is 26.5. The van der Waals surface area contributed by atoms with Crippen LogP contribution < -0.4 is 25.9 Å². The van der Waals surface area contributed by atoms with E-state index in [0.29, 0.717) is 50.8 Å². The lowest BCUT2D eigenvalue weighted by atomic mass is 9.97. The number of allylic oxidation sites excluding steroid dienone is 1. The molecule has 10 heteroatoms. The van der Waals surface area contributed by atoms with Crippen molar-refractivity contribution in [2.45, 2.75) is 18.9 Å². The molecule has 192 valence electrons. The highest BCUT2D eigenvalue weighted by Gasteiger charge is 2.32. The number of esters is 1. The van der Waals surface area contributed by atoms with Crippen LogP contribution in [0.25, 0.3) is 22.8 Å². The number of halogens is 1. The number of hydrogen-bond acceptors (Lipinski definition) is 7. The van der Waals surface area contributed by atoms with Crippen molar-refractivity contribution in [2.75, 3.05) is 36.0 Å². The fourth-order valence-electron chi connectivity index (χ4n) is 5.13. The number of H-pyrrole nitrogens is 1. The molecule has 1 unspecified atom stereocenters. The van der Waals surface area contributed by atoms with Gasteiger partial charge in [-0.2, -0.15) is 0 Å². The van der Waals surface area contributed by atoms with Crippen molar-refractivity contribution in [3.8, 4) is 11.1 Å². The molecule has 3 heterocycles. The summed E-state index contributed by atoms with van der Waals surface area (Å²) < 4.78 is 43.0. The van der Waals surface area contributed by atoms with Crippen LogP contribution >= 0.6 is 0 Å². The minimum atomic E-state index is -3.34. The first-order valence-corrected chi connectivity index (χ1v) is 13.8.